The summed E-state index contributed by atoms with van der Waals surface area (Å²) < 4.78 is 0. The second-order valence-electron chi connectivity index (χ2n) is 3.09. The first-order valence-corrected chi connectivity index (χ1v) is 4.30. The average Bonchev–Trinajstić information content (AvgIpc) is 2.67. The molecular weight excluding hydrogens is 140 g/mol. The molecule has 1 unspecified atom stereocenters. The number of rotatable bonds is 3. The molecule has 0 spiro atoms. The van der Waals surface area contributed by atoms with Gasteiger partial charge in [-0.25, -0.2) is 4.79 Å². The highest BCUT2D eigenvalue weighted by molar-refractivity contribution is 5.76. The van der Waals surface area contributed by atoms with Crippen LogP contribution in [0.4, 0.5) is 4.79 Å². The van der Waals surface area contributed by atoms with Crippen molar-refractivity contribution in [2.45, 2.75) is 32.7 Å². The number of nitrogens with one attached hydrogen (secondary N) is 1. The molecule has 0 aromatic heterocycles. The second-order valence-corrected chi connectivity index (χ2v) is 3.09. The van der Waals surface area contributed by atoms with Gasteiger partial charge in [-0.15, -0.1) is 0 Å². The van der Waals surface area contributed by atoms with Crippen molar-refractivity contribution in [3.8, 4) is 0 Å². The fourth-order valence-electron chi connectivity index (χ4n) is 0.994. The Hall–Kier alpha value is -0.730. The van der Waals surface area contributed by atoms with Crippen LogP contribution in [0.2, 0.25) is 0 Å². The maximum atomic E-state index is 11.1. The first kappa shape index (κ1) is 8.37. The van der Waals surface area contributed by atoms with Gasteiger partial charge >= 0.3 is 6.03 Å². The lowest BCUT2D eigenvalue weighted by Gasteiger charge is -2.04. The summed E-state index contributed by atoms with van der Waals surface area (Å²) in [5, 5.41) is 2.86. The zero-order valence-electron chi connectivity index (χ0n) is 7.26. The van der Waals surface area contributed by atoms with E-state index in [4.69, 9.17) is 0 Å². The van der Waals surface area contributed by atoms with Crippen LogP contribution in [0.3, 0.4) is 0 Å². The molecule has 0 saturated carbocycles. The van der Waals surface area contributed by atoms with Crippen LogP contribution in [0.25, 0.3) is 0 Å². The summed E-state index contributed by atoms with van der Waals surface area (Å²) in [6.45, 7) is 5.92. The number of hydrogen-bond acceptors (Lipinski definition) is 1. The van der Waals surface area contributed by atoms with E-state index in [-0.39, 0.29) is 6.03 Å². The summed E-state index contributed by atoms with van der Waals surface area (Å²) in [6.07, 6.45) is 2.21. The monoisotopic (exact) mass is 156 g/mol. The van der Waals surface area contributed by atoms with Crippen molar-refractivity contribution in [3.63, 3.8) is 0 Å². The minimum atomic E-state index is 0.103. The van der Waals surface area contributed by atoms with Crippen molar-refractivity contribution in [1.29, 1.82) is 0 Å². The molecular formula is C8H16N2O. The van der Waals surface area contributed by atoms with Crippen molar-refractivity contribution >= 4 is 6.03 Å². The van der Waals surface area contributed by atoms with Crippen LogP contribution in [0.15, 0.2) is 0 Å². The maximum absolute atomic E-state index is 11.1. The van der Waals surface area contributed by atoms with Crippen LogP contribution in [-0.2, 0) is 0 Å². The van der Waals surface area contributed by atoms with Gasteiger partial charge in [0.15, 0.2) is 0 Å². The molecule has 1 aliphatic rings. The fraction of sp³-hybridized carbons (Fsp3) is 0.875. The second kappa shape index (κ2) is 3.60. The van der Waals surface area contributed by atoms with E-state index in [1.807, 2.05) is 4.90 Å². The van der Waals surface area contributed by atoms with Crippen molar-refractivity contribution in [3.05, 3.63) is 0 Å². The highest BCUT2D eigenvalue weighted by Crippen LogP contribution is 2.14. The highest BCUT2D eigenvalue weighted by Gasteiger charge is 2.33. The minimum absolute atomic E-state index is 0.103. The summed E-state index contributed by atoms with van der Waals surface area (Å²) in [5.74, 6) is 0. The van der Waals surface area contributed by atoms with Gasteiger partial charge in [0.1, 0.15) is 0 Å². The Morgan fingerprint density at radius 3 is 2.82 bits per heavy atom. The van der Waals surface area contributed by atoms with E-state index < -0.39 is 0 Å². The molecule has 1 atom stereocenters. The number of hydrogen-bond donors (Lipinski definition) is 1. The molecule has 0 aromatic carbocycles. The Balaban J connectivity index is 2.03. The molecule has 1 fully saturated rings. The van der Waals surface area contributed by atoms with Crippen LogP contribution in [0, 0.1) is 0 Å². The summed E-state index contributed by atoms with van der Waals surface area (Å²) in [4.78, 5) is 12.9. The fourth-order valence-corrected chi connectivity index (χ4v) is 0.994. The van der Waals surface area contributed by atoms with E-state index in [1.54, 1.807) is 0 Å². The highest BCUT2D eigenvalue weighted by atomic mass is 16.2. The summed E-state index contributed by atoms with van der Waals surface area (Å²) in [6, 6.07) is 0.572. The first-order chi connectivity index (χ1) is 5.25. The van der Waals surface area contributed by atoms with Crippen molar-refractivity contribution in [2.24, 2.45) is 0 Å². The maximum Gasteiger partial charge on any atom is 0.317 e. The van der Waals surface area contributed by atoms with Crippen LogP contribution in [0.1, 0.15) is 26.7 Å². The summed E-state index contributed by atoms with van der Waals surface area (Å²) >= 11 is 0. The predicted octanol–water partition coefficient (Wildman–Crippen LogP) is 1.20. The van der Waals surface area contributed by atoms with E-state index >= 15 is 0 Å². The van der Waals surface area contributed by atoms with E-state index in [0.29, 0.717) is 6.04 Å². The van der Waals surface area contributed by atoms with Gasteiger partial charge in [0.05, 0.1) is 0 Å². The molecule has 1 saturated heterocycles. The third kappa shape index (κ3) is 2.41. The van der Waals surface area contributed by atoms with Gasteiger partial charge in [0.2, 0.25) is 0 Å². The van der Waals surface area contributed by atoms with Crippen LogP contribution >= 0.6 is 0 Å². The van der Waals surface area contributed by atoms with Crippen molar-refractivity contribution in [1.82, 2.24) is 10.2 Å². The third-order valence-electron chi connectivity index (χ3n) is 1.93. The normalized spacial score (nSPS) is 21.6. The largest absolute Gasteiger partial charge is 0.338 e. The molecule has 0 aliphatic carbocycles. The summed E-state index contributed by atoms with van der Waals surface area (Å²) in [7, 11) is 0. The molecule has 1 aliphatic heterocycles. The number of carbonyl (C=O) groups is 1. The van der Waals surface area contributed by atoms with Gasteiger partial charge in [0.25, 0.3) is 0 Å². The number of urea groups is 1. The van der Waals surface area contributed by atoms with Crippen LogP contribution < -0.4 is 5.32 Å². The molecule has 3 nitrogen and oxygen atoms in total. The van der Waals surface area contributed by atoms with Gasteiger partial charge in [-0.05, 0) is 13.3 Å². The van der Waals surface area contributed by atoms with Crippen molar-refractivity contribution in [2.75, 3.05) is 13.1 Å². The zero-order valence-corrected chi connectivity index (χ0v) is 7.26. The minimum Gasteiger partial charge on any atom is -0.338 e. The average molecular weight is 156 g/mol. The van der Waals surface area contributed by atoms with E-state index in [1.165, 1.54) is 0 Å². The van der Waals surface area contributed by atoms with Gasteiger partial charge in [0, 0.05) is 19.1 Å². The lowest BCUT2D eigenvalue weighted by atomic mass is 10.3. The smallest absolute Gasteiger partial charge is 0.317 e. The molecule has 2 amide bonds. The predicted molar refractivity (Wildman–Crippen MR) is 44.5 cm³/mol. The lowest BCUT2D eigenvalue weighted by molar-refractivity contribution is 0.227. The van der Waals surface area contributed by atoms with E-state index in [9.17, 15) is 4.79 Å². The van der Waals surface area contributed by atoms with Gasteiger partial charge in [-0.3, -0.25) is 0 Å². The number of nitrogens with zero attached hydrogens (tertiary/aromatic N) is 1. The Morgan fingerprint density at radius 2 is 2.36 bits per heavy atom. The first-order valence-electron chi connectivity index (χ1n) is 4.30. The molecule has 11 heavy (non-hydrogen) atoms. The Kier molecular flexibility index (Phi) is 2.74. The van der Waals surface area contributed by atoms with E-state index in [2.05, 4.69) is 19.2 Å². The molecule has 0 bridgehead atoms. The Bertz CT molecular complexity index is 147. The molecule has 1 rings (SSSR count). The molecule has 64 valence electrons. The number of carbonyl (C=O) groups excluding carboxylic acids is 1. The van der Waals surface area contributed by atoms with Crippen molar-refractivity contribution < 1.29 is 4.79 Å². The summed E-state index contributed by atoms with van der Waals surface area (Å²) in [5.41, 5.74) is 0. The SMILES string of the molecule is CCCCNC(=O)N1CC1C. The quantitative estimate of drug-likeness (QED) is 0.483. The zero-order chi connectivity index (χ0) is 8.27. The van der Waals surface area contributed by atoms with Crippen LogP contribution in [-0.4, -0.2) is 30.1 Å². The van der Waals surface area contributed by atoms with Gasteiger partial charge in [-0.2, -0.15) is 0 Å². The Morgan fingerprint density at radius 1 is 1.73 bits per heavy atom. The van der Waals surface area contributed by atoms with E-state index in [0.717, 1.165) is 25.9 Å². The molecule has 3 heteroatoms. The molecule has 0 aromatic rings. The standard InChI is InChI=1S/C8H16N2O/c1-3-4-5-9-8(11)10-6-7(10)2/h7H,3-6H2,1-2H3,(H,9,11). The van der Waals surface area contributed by atoms with Gasteiger partial charge < -0.3 is 10.2 Å². The molecule has 1 N–H and O–H groups in total. The number of amides is 2. The molecule has 1 heterocycles. The number of unbranched alkanes of at least 4 members (excludes halogenated alkanes) is 1. The van der Waals surface area contributed by atoms with Crippen LogP contribution in [0.5, 0.6) is 0 Å². The Labute approximate surface area is 67.8 Å². The van der Waals surface area contributed by atoms with Gasteiger partial charge in [-0.1, -0.05) is 13.3 Å². The third-order valence-corrected chi connectivity index (χ3v) is 1.93. The topological polar surface area (TPSA) is 32.1 Å². The molecule has 0 radical (unpaired) electrons. The lowest BCUT2D eigenvalue weighted by Crippen LogP contribution is -2.29.